The van der Waals surface area contributed by atoms with Gasteiger partial charge >= 0.3 is 0 Å². The van der Waals surface area contributed by atoms with Gasteiger partial charge < -0.3 is 0 Å². The van der Waals surface area contributed by atoms with Crippen molar-refractivity contribution in [3.05, 3.63) is 69.2 Å². The maximum Gasteiger partial charge on any atom is 0.194 e. The van der Waals surface area contributed by atoms with Crippen molar-refractivity contribution in [2.45, 2.75) is 6.92 Å². The van der Waals surface area contributed by atoms with Crippen LogP contribution in [0.2, 0.25) is 0 Å². The van der Waals surface area contributed by atoms with Crippen LogP contribution in [0.15, 0.2) is 40.9 Å². The standard InChI is InChI=1S/C14H9BrF2O/c1-8-2-3-9(6-13(8)17)14(18)11-5-4-10(16)7-12(11)15/h2-7H,1H3. The van der Waals surface area contributed by atoms with Crippen molar-refractivity contribution in [2.75, 3.05) is 0 Å². The lowest BCUT2D eigenvalue weighted by molar-refractivity contribution is 0.103. The molecule has 0 heterocycles. The Labute approximate surface area is 112 Å². The van der Waals surface area contributed by atoms with E-state index in [2.05, 4.69) is 15.9 Å². The van der Waals surface area contributed by atoms with Gasteiger partial charge in [0.2, 0.25) is 0 Å². The van der Waals surface area contributed by atoms with E-state index in [-0.39, 0.29) is 11.3 Å². The van der Waals surface area contributed by atoms with Gasteiger partial charge in [0.05, 0.1) is 0 Å². The maximum atomic E-state index is 13.4. The first-order valence-corrected chi connectivity index (χ1v) is 6.04. The SMILES string of the molecule is Cc1ccc(C(=O)c2ccc(F)cc2Br)cc1F. The van der Waals surface area contributed by atoms with Crippen molar-refractivity contribution >= 4 is 21.7 Å². The molecule has 92 valence electrons. The molecule has 0 aliphatic rings. The van der Waals surface area contributed by atoms with Gasteiger partial charge in [-0.15, -0.1) is 0 Å². The molecule has 0 saturated heterocycles. The van der Waals surface area contributed by atoms with E-state index < -0.39 is 11.6 Å². The number of benzene rings is 2. The van der Waals surface area contributed by atoms with Crippen LogP contribution in [-0.2, 0) is 0 Å². The van der Waals surface area contributed by atoms with E-state index >= 15 is 0 Å². The molecule has 2 aromatic rings. The van der Waals surface area contributed by atoms with Crippen LogP contribution < -0.4 is 0 Å². The molecule has 0 radical (unpaired) electrons. The Hall–Kier alpha value is -1.55. The lowest BCUT2D eigenvalue weighted by atomic mass is 10.0. The number of halogens is 3. The molecule has 1 nitrogen and oxygen atoms in total. The number of ketones is 1. The van der Waals surface area contributed by atoms with E-state index in [4.69, 9.17) is 0 Å². The van der Waals surface area contributed by atoms with Crippen LogP contribution in [0.25, 0.3) is 0 Å². The molecule has 0 spiro atoms. The number of carbonyl (C=O) groups is 1. The molecule has 2 aromatic carbocycles. The van der Waals surface area contributed by atoms with Crippen LogP contribution in [0, 0.1) is 18.6 Å². The third-order valence-electron chi connectivity index (χ3n) is 2.61. The lowest BCUT2D eigenvalue weighted by Crippen LogP contribution is -2.03. The van der Waals surface area contributed by atoms with Crippen molar-refractivity contribution in [2.24, 2.45) is 0 Å². The molecule has 18 heavy (non-hydrogen) atoms. The molecule has 0 bridgehead atoms. The molecule has 0 aromatic heterocycles. The zero-order valence-corrected chi connectivity index (χ0v) is 11.1. The molecular weight excluding hydrogens is 302 g/mol. The van der Waals surface area contributed by atoms with Gasteiger partial charge in [0.25, 0.3) is 0 Å². The van der Waals surface area contributed by atoms with Crippen LogP contribution in [0.5, 0.6) is 0 Å². The summed E-state index contributed by atoms with van der Waals surface area (Å²) in [4.78, 5) is 12.1. The zero-order chi connectivity index (χ0) is 13.3. The van der Waals surface area contributed by atoms with Gasteiger partial charge in [-0.2, -0.15) is 0 Å². The third kappa shape index (κ3) is 2.48. The summed E-state index contributed by atoms with van der Waals surface area (Å²) in [6.07, 6.45) is 0. The Balaban J connectivity index is 2.44. The minimum Gasteiger partial charge on any atom is -0.289 e. The van der Waals surface area contributed by atoms with Gasteiger partial charge in [-0.25, -0.2) is 8.78 Å². The Kier molecular flexibility index (Phi) is 3.57. The predicted octanol–water partition coefficient (Wildman–Crippen LogP) is 4.27. The first-order valence-electron chi connectivity index (χ1n) is 5.25. The van der Waals surface area contributed by atoms with Gasteiger partial charge in [0, 0.05) is 15.6 Å². The molecule has 0 aliphatic heterocycles. The van der Waals surface area contributed by atoms with E-state index in [0.717, 1.165) is 0 Å². The summed E-state index contributed by atoms with van der Waals surface area (Å²) in [5, 5.41) is 0. The van der Waals surface area contributed by atoms with Gasteiger partial charge in [0.1, 0.15) is 11.6 Å². The number of hydrogen-bond donors (Lipinski definition) is 0. The fraction of sp³-hybridized carbons (Fsp3) is 0.0714. The highest BCUT2D eigenvalue weighted by molar-refractivity contribution is 9.10. The minimum atomic E-state index is -0.437. The fourth-order valence-electron chi connectivity index (χ4n) is 1.56. The van der Waals surface area contributed by atoms with E-state index in [1.165, 1.54) is 24.3 Å². The Morgan fingerprint density at radius 3 is 2.44 bits per heavy atom. The van der Waals surface area contributed by atoms with Crippen molar-refractivity contribution in [3.8, 4) is 0 Å². The summed E-state index contributed by atoms with van der Waals surface area (Å²) in [6, 6.07) is 8.06. The largest absolute Gasteiger partial charge is 0.289 e. The topological polar surface area (TPSA) is 17.1 Å². The smallest absolute Gasteiger partial charge is 0.194 e. The molecule has 0 unspecified atom stereocenters. The highest BCUT2D eigenvalue weighted by Crippen LogP contribution is 2.22. The second-order valence-corrected chi connectivity index (χ2v) is 4.77. The average molecular weight is 311 g/mol. The highest BCUT2D eigenvalue weighted by atomic mass is 79.9. The number of aryl methyl sites for hydroxylation is 1. The third-order valence-corrected chi connectivity index (χ3v) is 3.27. The summed E-state index contributed by atoms with van der Waals surface area (Å²) in [5.74, 6) is -1.21. The Bertz CT molecular complexity index is 623. The van der Waals surface area contributed by atoms with Crippen LogP contribution in [0.1, 0.15) is 21.5 Å². The van der Waals surface area contributed by atoms with Crippen molar-refractivity contribution in [3.63, 3.8) is 0 Å². The molecule has 0 aliphatic carbocycles. The van der Waals surface area contributed by atoms with Crippen molar-refractivity contribution < 1.29 is 13.6 Å². The van der Waals surface area contributed by atoms with Gasteiger partial charge in [-0.05, 0) is 52.7 Å². The maximum absolute atomic E-state index is 13.4. The Morgan fingerprint density at radius 1 is 1.11 bits per heavy atom. The van der Waals surface area contributed by atoms with Crippen LogP contribution in [0.3, 0.4) is 0 Å². The molecule has 4 heteroatoms. The Morgan fingerprint density at radius 2 is 1.83 bits per heavy atom. The number of carbonyl (C=O) groups excluding carboxylic acids is 1. The van der Waals surface area contributed by atoms with Gasteiger partial charge in [-0.1, -0.05) is 12.1 Å². The average Bonchev–Trinajstić information content (AvgIpc) is 2.32. The summed E-state index contributed by atoms with van der Waals surface area (Å²) in [5.41, 5.74) is 1.02. The van der Waals surface area contributed by atoms with E-state index in [1.807, 2.05) is 0 Å². The second kappa shape index (κ2) is 4.98. The van der Waals surface area contributed by atoms with Crippen LogP contribution in [0.4, 0.5) is 8.78 Å². The molecular formula is C14H9BrF2O. The summed E-state index contributed by atoms with van der Waals surface area (Å²) < 4.78 is 26.7. The van der Waals surface area contributed by atoms with E-state index in [9.17, 15) is 13.6 Å². The minimum absolute atomic E-state index is 0.241. The van der Waals surface area contributed by atoms with Crippen LogP contribution in [-0.4, -0.2) is 5.78 Å². The monoisotopic (exact) mass is 310 g/mol. The quantitative estimate of drug-likeness (QED) is 0.757. The van der Waals surface area contributed by atoms with Crippen molar-refractivity contribution in [1.82, 2.24) is 0 Å². The number of rotatable bonds is 2. The molecule has 0 N–H and O–H groups in total. The zero-order valence-electron chi connectivity index (χ0n) is 9.51. The highest BCUT2D eigenvalue weighted by Gasteiger charge is 2.14. The second-order valence-electron chi connectivity index (χ2n) is 3.92. The summed E-state index contributed by atoms with van der Waals surface area (Å²) in [7, 11) is 0. The van der Waals surface area contributed by atoms with Gasteiger partial charge in [-0.3, -0.25) is 4.79 Å². The summed E-state index contributed by atoms with van der Waals surface area (Å²) in [6.45, 7) is 1.62. The molecule has 0 amide bonds. The molecule has 0 atom stereocenters. The van der Waals surface area contributed by atoms with Crippen molar-refractivity contribution in [1.29, 1.82) is 0 Å². The fourth-order valence-corrected chi connectivity index (χ4v) is 2.09. The van der Waals surface area contributed by atoms with Crippen LogP contribution >= 0.6 is 15.9 Å². The molecule has 0 fully saturated rings. The first-order chi connectivity index (χ1) is 8.49. The summed E-state index contributed by atoms with van der Waals surface area (Å²) >= 11 is 3.12. The molecule has 2 rings (SSSR count). The predicted molar refractivity (Wildman–Crippen MR) is 68.7 cm³/mol. The number of hydrogen-bond acceptors (Lipinski definition) is 1. The van der Waals surface area contributed by atoms with E-state index in [1.54, 1.807) is 19.1 Å². The van der Waals surface area contributed by atoms with Gasteiger partial charge in [0.15, 0.2) is 5.78 Å². The first kappa shape index (κ1) is 12.9. The molecule has 0 saturated carbocycles. The normalized spacial score (nSPS) is 10.4. The lowest BCUT2D eigenvalue weighted by Gasteiger charge is -2.05. The van der Waals surface area contributed by atoms with E-state index in [0.29, 0.717) is 15.6 Å².